The van der Waals surface area contributed by atoms with Gasteiger partial charge < -0.3 is 4.90 Å². The Labute approximate surface area is 153 Å². The molecule has 3 rings (SSSR count). The number of piperazine rings is 1. The molecule has 2 aromatic carbocycles. The first kappa shape index (κ1) is 18.5. The second kappa shape index (κ2) is 7.53. The van der Waals surface area contributed by atoms with Crippen molar-refractivity contribution in [2.24, 2.45) is 0 Å². The molecule has 1 aliphatic heterocycles. The average Bonchev–Trinajstić information content (AvgIpc) is 2.64. The molecular weight excluding hydrogens is 354 g/mol. The molecule has 0 aliphatic carbocycles. The molecule has 0 saturated carbocycles. The maximum absolute atomic E-state index is 12.7. The minimum Gasteiger partial charge on any atom is -0.329 e. The van der Waals surface area contributed by atoms with E-state index < -0.39 is 14.9 Å². The summed E-state index contributed by atoms with van der Waals surface area (Å²) < 4.78 is 26.9. The standard InChI is InChI=1S/C18H21N3O4S/c1-15-2-4-16(5-3-15)14-19-10-12-20(13-11-19)26(24,25)18-8-6-17(7-9-18)21(22)23/h2-9H,10-14H2,1H3/p+1. The van der Waals surface area contributed by atoms with Crippen LogP contribution in [0.2, 0.25) is 0 Å². The molecule has 138 valence electrons. The highest BCUT2D eigenvalue weighted by molar-refractivity contribution is 7.89. The summed E-state index contributed by atoms with van der Waals surface area (Å²) in [4.78, 5) is 11.6. The van der Waals surface area contributed by atoms with Gasteiger partial charge in [0.05, 0.1) is 36.0 Å². The minimum atomic E-state index is -3.61. The van der Waals surface area contributed by atoms with Crippen molar-refractivity contribution in [3.63, 3.8) is 0 Å². The number of sulfonamides is 1. The minimum absolute atomic E-state index is 0.102. The lowest BCUT2D eigenvalue weighted by molar-refractivity contribution is -0.917. The van der Waals surface area contributed by atoms with Crippen molar-refractivity contribution in [1.82, 2.24) is 4.31 Å². The number of non-ortho nitro benzene ring substituents is 1. The number of nitrogens with one attached hydrogen (secondary N) is 1. The van der Waals surface area contributed by atoms with E-state index in [0.29, 0.717) is 13.1 Å². The fourth-order valence-electron chi connectivity index (χ4n) is 3.10. The van der Waals surface area contributed by atoms with Gasteiger partial charge in [0.25, 0.3) is 5.69 Å². The summed E-state index contributed by atoms with van der Waals surface area (Å²) in [6.07, 6.45) is 0. The van der Waals surface area contributed by atoms with Gasteiger partial charge in [-0.1, -0.05) is 29.8 Å². The fraction of sp³-hybridized carbons (Fsp3) is 0.333. The predicted octanol–water partition coefficient (Wildman–Crippen LogP) is 0.993. The van der Waals surface area contributed by atoms with Crippen LogP contribution in [-0.2, 0) is 16.6 Å². The van der Waals surface area contributed by atoms with Crippen molar-refractivity contribution < 1.29 is 18.2 Å². The van der Waals surface area contributed by atoms with Crippen LogP contribution < -0.4 is 4.90 Å². The van der Waals surface area contributed by atoms with Crippen molar-refractivity contribution in [2.75, 3.05) is 26.2 Å². The van der Waals surface area contributed by atoms with Crippen LogP contribution in [0.4, 0.5) is 5.69 Å². The molecule has 1 fully saturated rings. The fourth-order valence-corrected chi connectivity index (χ4v) is 4.54. The van der Waals surface area contributed by atoms with Crippen LogP contribution in [0, 0.1) is 17.0 Å². The van der Waals surface area contributed by atoms with Crippen molar-refractivity contribution >= 4 is 15.7 Å². The Morgan fingerprint density at radius 2 is 1.62 bits per heavy atom. The summed E-state index contributed by atoms with van der Waals surface area (Å²) in [5, 5.41) is 10.7. The lowest BCUT2D eigenvalue weighted by atomic mass is 10.1. The molecule has 0 radical (unpaired) electrons. The maximum Gasteiger partial charge on any atom is 0.269 e. The van der Waals surface area contributed by atoms with Crippen molar-refractivity contribution in [3.05, 3.63) is 69.8 Å². The highest BCUT2D eigenvalue weighted by Crippen LogP contribution is 2.19. The summed E-state index contributed by atoms with van der Waals surface area (Å²) in [6, 6.07) is 13.5. The van der Waals surface area contributed by atoms with Crippen LogP contribution >= 0.6 is 0 Å². The second-order valence-corrected chi connectivity index (χ2v) is 8.51. The Kier molecular flexibility index (Phi) is 5.36. The van der Waals surface area contributed by atoms with Gasteiger partial charge in [-0.05, 0) is 19.1 Å². The summed E-state index contributed by atoms with van der Waals surface area (Å²) >= 11 is 0. The van der Waals surface area contributed by atoms with Gasteiger partial charge in [0, 0.05) is 17.7 Å². The van der Waals surface area contributed by atoms with Crippen molar-refractivity contribution in [2.45, 2.75) is 18.4 Å². The van der Waals surface area contributed by atoms with Gasteiger partial charge in [0.2, 0.25) is 10.0 Å². The first-order valence-corrected chi connectivity index (χ1v) is 9.94. The highest BCUT2D eigenvalue weighted by Gasteiger charge is 2.30. The van der Waals surface area contributed by atoms with E-state index in [1.807, 2.05) is 0 Å². The first-order chi connectivity index (χ1) is 12.4. The maximum atomic E-state index is 12.7. The number of nitrogens with zero attached hydrogens (tertiary/aromatic N) is 2. The van der Waals surface area contributed by atoms with Crippen LogP contribution in [-0.4, -0.2) is 43.8 Å². The van der Waals surface area contributed by atoms with E-state index in [1.54, 1.807) is 0 Å². The molecule has 1 saturated heterocycles. The molecule has 1 N–H and O–H groups in total. The van der Waals surface area contributed by atoms with Gasteiger partial charge in [-0.15, -0.1) is 0 Å². The van der Waals surface area contributed by atoms with Crippen LogP contribution in [0.1, 0.15) is 11.1 Å². The van der Waals surface area contributed by atoms with E-state index in [-0.39, 0.29) is 10.6 Å². The molecule has 1 heterocycles. The van der Waals surface area contributed by atoms with E-state index in [2.05, 4.69) is 31.2 Å². The van der Waals surface area contributed by atoms with Gasteiger partial charge in [-0.3, -0.25) is 10.1 Å². The Bertz CT molecular complexity index is 872. The second-order valence-electron chi connectivity index (χ2n) is 6.57. The van der Waals surface area contributed by atoms with Crippen LogP contribution in [0.5, 0.6) is 0 Å². The average molecular weight is 376 g/mol. The molecule has 1 aliphatic rings. The Hall–Kier alpha value is -2.29. The molecule has 0 unspecified atom stereocenters. The van der Waals surface area contributed by atoms with Gasteiger partial charge >= 0.3 is 0 Å². The predicted molar refractivity (Wildman–Crippen MR) is 97.4 cm³/mol. The number of hydrogen-bond donors (Lipinski definition) is 1. The van der Waals surface area contributed by atoms with Crippen LogP contribution in [0.3, 0.4) is 0 Å². The molecule has 0 bridgehead atoms. The number of rotatable bonds is 5. The van der Waals surface area contributed by atoms with E-state index in [9.17, 15) is 18.5 Å². The number of benzene rings is 2. The zero-order chi connectivity index (χ0) is 18.7. The number of quaternary nitrogens is 1. The molecule has 0 amide bonds. The third kappa shape index (κ3) is 4.09. The van der Waals surface area contributed by atoms with E-state index >= 15 is 0 Å². The van der Waals surface area contributed by atoms with E-state index in [1.165, 1.54) is 44.6 Å². The number of nitro groups is 1. The quantitative estimate of drug-likeness (QED) is 0.623. The highest BCUT2D eigenvalue weighted by atomic mass is 32.2. The lowest BCUT2D eigenvalue weighted by Crippen LogP contribution is -3.13. The first-order valence-electron chi connectivity index (χ1n) is 8.50. The number of aryl methyl sites for hydroxylation is 1. The summed E-state index contributed by atoms with van der Waals surface area (Å²) in [7, 11) is -3.61. The largest absolute Gasteiger partial charge is 0.329 e. The van der Waals surface area contributed by atoms with Crippen molar-refractivity contribution in [1.29, 1.82) is 0 Å². The van der Waals surface area contributed by atoms with E-state index in [4.69, 9.17) is 0 Å². The lowest BCUT2D eigenvalue weighted by Gasteiger charge is -2.31. The molecule has 26 heavy (non-hydrogen) atoms. The van der Waals surface area contributed by atoms with Gasteiger partial charge in [-0.2, -0.15) is 4.31 Å². The van der Waals surface area contributed by atoms with Gasteiger partial charge in [0.15, 0.2) is 0 Å². The number of nitro benzene ring substituents is 1. The monoisotopic (exact) mass is 376 g/mol. The zero-order valence-electron chi connectivity index (χ0n) is 14.6. The Balaban J connectivity index is 1.62. The summed E-state index contributed by atoms with van der Waals surface area (Å²) in [6.45, 7) is 5.30. The molecule has 0 atom stereocenters. The van der Waals surface area contributed by atoms with Gasteiger partial charge in [0.1, 0.15) is 6.54 Å². The third-order valence-electron chi connectivity index (χ3n) is 4.69. The number of hydrogen-bond acceptors (Lipinski definition) is 4. The summed E-state index contributed by atoms with van der Waals surface area (Å²) in [5.41, 5.74) is 2.36. The molecule has 2 aromatic rings. The topological polar surface area (TPSA) is 85.0 Å². The third-order valence-corrected chi connectivity index (χ3v) is 6.60. The SMILES string of the molecule is Cc1ccc(C[NH+]2CCN(S(=O)(=O)c3ccc([N+](=O)[O-])cc3)CC2)cc1. The summed E-state index contributed by atoms with van der Waals surface area (Å²) in [5.74, 6) is 0. The zero-order valence-corrected chi connectivity index (χ0v) is 15.4. The molecule has 7 nitrogen and oxygen atoms in total. The van der Waals surface area contributed by atoms with Crippen molar-refractivity contribution in [3.8, 4) is 0 Å². The molecule has 8 heteroatoms. The van der Waals surface area contributed by atoms with E-state index in [0.717, 1.165) is 19.6 Å². The Morgan fingerprint density at radius 1 is 1.04 bits per heavy atom. The smallest absolute Gasteiger partial charge is 0.269 e. The van der Waals surface area contributed by atoms with Gasteiger partial charge in [-0.25, -0.2) is 8.42 Å². The molecular formula is C18H22N3O4S+. The molecule has 0 aromatic heterocycles. The molecule has 0 spiro atoms. The normalized spacial score (nSPS) is 16.5. The van der Waals surface area contributed by atoms with Crippen LogP contribution in [0.25, 0.3) is 0 Å². The Morgan fingerprint density at radius 3 is 2.15 bits per heavy atom. The van der Waals surface area contributed by atoms with Crippen LogP contribution in [0.15, 0.2) is 53.4 Å².